The molecule has 1 aromatic heterocycles. The lowest BCUT2D eigenvalue weighted by molar-refractivity contribution is 0.319. The quantitative estimate of drug-likeness (QED) is 0.393. The highest BCUT2D eigenvalue weighted by molar-refractivity contribution is 7.14. The van der Waals surface area contributed by atoms with Crippen LogP contribution in [0.3, 0.4) is 0 Å². The first-order chi connectivity index (χ1) is 5.27. The van der Waals surface area contributed by atoms with Crippen molar-refractivity contribution in [2.45, 2.75) is 6.92 Å². The topological polar surface area (TPSA) is 56.4 Å². The largest absolute Gasteiger partial charge is 0.411 e. The van der Waals surface area contributed by atoms with Gasteiger partial charge in [-0.2, -0.15) is 5.26 Å². The Kier molecular flexibility index (Phi) is 2.24. The Balaban J connectivity index is 3.00. The molecule has 0 aromatic carbocycles. The average molecular weight is 166 g/mol. The maximum atomic E-state index is 8.46. The van der Waals surface area contributed by atoms with Crippen molar-refractivity contribution in [3.8, 4) is 6.07 Å². The monoisotopic (exact) mass is 166 g/mol. The Morgan fingerprint density at radius 3 is 2.91 bits per heavy atom. The van der Waals surface area contributed by atoms with Crippen LogP contribution >= 0.6 is 11.3 Å². The summed E-state index contributed by atoms with van der Waals surface area (Å²) in [5, 5.41) is 19.9. The Bertz CT molecular complexity index is 321. The minimum absolute atomic E-state index is 0.538. The molecular formula is C7H6N2OS. The molecular weight excluding hydrogens is 160 g/mol. The zero-order valence-electron chi connectivity index (χ0n) is 5.90. The predicted octanol–water partition coefficient (Wildman–Crippen LogP) is 1.82. The predicted molar refractivity (Wildman–Crippen MR) is 43.0 cm³/mol. The summed E-state index contributed by atoms with van der Waals surface area (Å²) >= 11 is 1.31. The number of oxime groups is 1. The molecule has 0 saturated carbocycles. The summed E-state index contributed by atoms with van der Waals surface area (Å²) < 4.78 is 0. The molecule has 0 spiro atoms. The lowest BCUT2D eigenvalue weighted by Gasteiger charge is -1.87. The van der Waals surface area contributed by atoms with Crippen molar-refractivity contribution in [2.75, 3.05) is 0 Å². The van der Waals surface area contributed by atoms with Gasteiger partial charge in [-0.15, -0.1) is 11.3 Å². The van der Waals surface area contributed by atoms with Crippen LogP contribution in [0.4, 0.5) is 0 Å². The van der Waals surface area contributed by atoms with Gasteiger partial charge in [0.2, 0.25) is 0 Å². The van der Waals surface area contributed by atoms with Crippen LogP contribution in [0.1, 0.15) is 16.7 Å². The highest BCUT2D eigenvalue weighted by atomic mass is 32.1. The second kappa shape index (κ2) is 3.17. The van der Waals surface area contributed by atoms with E-state index in [-0.39, 0.29) is 0 Å². The van der Waals surface area contributed by atoms with E-state index in [0.29, 0.717) is 10.6 Å². The molecule has 4 heteroatoms. The number of nitriles is 1. The van der Waals surface area contributed by atoms with E-state index >= 15 is 0 Å². The van der Waals surface area contributed by atoms with E-state index in [1.165, 1.54) is 11.3 Å². The number of thiophene rings is 1. The second-order valence-corrected chi connectivity index (χ2v) is 3.04. The van der Waals surface area contributed by atoms with Crippen molar-refractivity contribution in [1.82, 2.24) is 0 Å². The van der Waals surface area contributed by atoms with E-state index in [4.69, 9.17) is 10.5 Å². The number of hydrogen-bond donors (Lipinski definition) is 1. The van der Waals surface area contributed by atoms with Gasteiger partial charge in [-0.3, -0.25) is 0 Å². The molecule has 0 aliphatic heterocycles. The molecule has 0 aliphatic rings. The van der Waals surface area contributed by atoms with Crippen molar-refractivity contribution in [3.63, 3.8) is 0 Å². The third kappa shape index (κ3) is 1.57. The highest BCUT2D eigenvalue weighted by Gasteiger charge is 2.01. The second-order valence-electron chi connectivity index (χ2n) is 1.96. The molecule has 0 aliphatic carbocycles. The lowest BCUT2D eigenvalue weighted by Crippen LogP contribution is -1.87. The van der Waals surface area contributed by atoms with Crippen LogP contribution in [0.2, 0.25) is 0 Å². The summed E-state index contributed by atoms with van der Waals surface area (Å²) in [5.74, 6) is 0. The van der Waals surface area contributed by atoms with Gasteiger partial charge in [-0.05, 0) is 19.1 Å². The Morgan fingerprint density at radius 1 is 1.73 bits per heavy atom. The van der Waals surface area contributed by atoms with Crippen LogP contribution in [0, 0.1) is 11.3 Å². The summed E-state index contributed by atoms with van der Waals surface area (Å²) in [6, 6.07) is 5.47. The molecule has 1 rings (SSSR count). The van der Waals surface area contributed by atoms with E-state index in [1.807, 2.05) is 6.07 Å². The van der Waals surface area contributed by atoms with Crippen molar-refractivity contribution in [1.29, 1.82) is 5.26 Å². The van der Waals surface area contributed by atoms with Gasteiger partial charge >= 0.3 is 0 Å². The van der Waals surface area contributed by atoms with Crippen molar-refractivity contribution >= 4 is 17.0 Å². The molecule has 1 aromatic rings. The molecule has 0 bridgehead atoms. The van der Waals surface area contributed by atoms with Gasteiger partial charge in [0.1, 0.15) is 10.9 Å². The van der Waals surface area contributed by atoms with Crippen LogP contribution < -0.4 is 0 Å². The summed E-state index contributed by atoms with van der Waals surface area (Å²) in [6.07, 6.45) is 0. The molecule has 1 heterocycles. The summed E-state index contributed by atoms with van der Waals surface area (Å²) in [6.45, 7) is 1.69. The smallest absolute Gasteiger partial charge is 0.110 e. The first kappa shape index (κ1) is 7.76. The maximum Gasteiger partial charge on any atom is 0.110 e. The molecule has 11 heavy (non-hydrogen) atoms. The van der Waals surface area contributed by atoms with Crippen molar-refractivity contribution < 1.29 is 5.21 Å². The highest BCUT2D eigenvalue weighted by Crippen LogP contribution is 2.15. The van der Waals surface area contributed by atoms with Crippen molar-refractivity contribution in [2.24, 2.45) is 5.16 Å². The third-order valence-electron chi connectivity index (χ3n) is 1.22. The molecule has 0 amide bonds. The van der Waals surface area contributed by atoms with E-state index < -0.39 is 0 Å². The number of nitrogens with zero attached hydrogens (tertiary/aromatic N) is 2. The van der Waals surface area contributed by atoms with E-state index in [2.05, 4.69) is 5.16 Å². The molecule has 0 atom stereocenters. The number of rotatable bonds is 1. The van der Waals surface area contributed by atoms with Gasteiger partial charge in [0.15, 0.2) is 0 Å². The summed E-state index contributed by atoms with van der Waals surface area (Å²) in [5.41, 5.74) is 0.538. The molecule has 1 N–H and O–H groups in total. The van der Waals surface area contributed by atoms with Crippen LogP contribution in [-0.4, -0.2) is 10.9 Å². The van der Waals surface area contributed by atoms with Gasteiger partial charge in [0.25, 0.3) is 0 Å². The molecule has 0 radical (unpaired) electrons. The normalized spacial score (nSPS) is 11.1. The maximum absolute atomic E-state index is 8.46. The van der Waals surface area contributed by atoms with E-state index in [1.54, 1.807) is 19.1 Å². The van der Waals surface area contributed by atoms with Crippen LogP contribution in [0.25, 0.3) is 0 Å². The molecule has 0 saturated heterocycles. The summed E-state index contributed by atoms with van der Waals surface area (Å²) in [7, 11) is 0. The number of hydrogen-bond acceptors (Lipinski definition) is 4. The zero-order chi connectivity index (χ0) is 8.27. The molecule has 56 valence electrons. The zero-order valence-corrected chi connectivity index (χ0v) is 6.72. The van der Waals surface area contributed by atoms with E-state index in [0.717, 1.165) is 4.88 Å². The van der Waals surface area contributed by atoms with Gasteiger partial charge in [-0.25, -0.2) is 0 Å². The van der Waals surface area contributed by atoms with Gasteiger partial charge < -0.3 is 5.21 Å². The lowest BCUT2D eigenvalue weighted by atomic mass is 10.3. The van der Waals surface area contributed by atoms with Gasteiger partial charge in [0, 0.05) is 0 Å². The fourth-order valence-electron chi connectivity index (χ4n) is 0.642. The SMILES string of the molecule is CC(=NO)c1ccc(C#N)s1. The van der Waals surface area contributed by atoms with Crippen LogP contribution in [-0.2, 0) is 0 Å². The molecule has 0 fully saturated rings. The van der Waals surface area contributed by atoms with Gasteiger partial charge in [-0.1, -0.05) is 5.16 Å². The first-order valence-corrected chi connectivity index (χ1v) is 3.78. The van der Waals surface area contributed by atoms with E-state index in [9.17, 15) is 0 Å². The average Bonchev–Trinajstić information content (AvgIpc) is 2.50. The third-order valence-corrected chi connectivity index (χ3v) is 2.32. The minimum atomic E-state index is 0.538. The van der Waals surface area contributed by atoms with Crippen LogP contribution in [0.5, 0.6) is 0 Å². The Morgan fingerprint density at radius 2 is 2.45 bits per heavy atom. The Hall–Kier alpha value is -1.34. The van der Waals surface area contributed by atoms with Crippen molar-refractivity contribution in [3.05, 3.63) is 21.9 Å². The fraction of sp³-hybridized carbons (Fsp3) is 0.143. The molecule has 3 nitrogen and oxygen atoms in total. The fourth-order valence-corrected chi connectivity index (χ4v) is 1.38. The first-order valence-electron chi connectivity index (χ1n) is 2.97. The van der Waals surface area contributed by atoms with Gasteiger partial charge in [0.05, 0.1) is 10.6 Å². The minimum Gasteiger partial charge on any atom is -0.411 e. The summed E-state index contributed by atoms with van der Waals surface area (Å²) in [4.78, 5) is 1.45. The standard InChI is InChI=1S/C7H6N2OS/c1-5(9-10)7-3-2-6(4-8)11-7/h2-3,10H,1H3. The van der Waals surface area contributed by atoms with Crippen LogP contribution in [0.15, 0.2) is 17.3 Å². The molecule has 0 unspecified atom stereocenters. The Labute approximate surface area is 68.2 Å².